The first-order valence-corrected chi connectivity index (χ1v) is 7.90. The lowest BCUT2D eigenvalue weighted by molar-refractivity contribution is 0.101. The van der Waals surface area contributed by atoms with Crippen molar-refractivity contribution in [2.24, 2.45) is 5.92 Å². The minimum atomic E-state index is 0.575. The van der Waals surface area contributed by atoms with Gasteiger partial charge in [-0.2, -0.15) is 0 Å². The van der Waals surface area contributed by atoms with Gasteiger partial charge < -0.3 is 10.1 Å². The molecule has 2 aliphatic rings. The Morgan fingerprint density at radius 3 is 2.95 bits per heavy atom. The molecule has 0 aliphatic carbocycles. The minimum absolute atomic E-state index is 0.575. The van der Waals surface area contributed by atoms with Gasteiger partial charge >= 0.3 is 0 Å². The fourth-order valence-corrected chi connectivity index (χ4v) is 3.84. The van der Waals surface area contributed by atoms with E-state index in [1.165, 1.54) is 31.4 Å². The highest BCUT2D eigenvalue weighted by molar-refractivity contribution is 5.15. The molecule has 2 fully saturated rings. The average Bonchev–Trinajstić information content (AvgIpc) is 2.84. The minimum Gasteiger partial charge on any atom is -0.385 e. The zero-order chi connectivity index (χ0) is 13.8. The van der Waals surface area contributed by atoms with Crippen LogP contribution in [0.25, 0.3) is 0 Å². The van der Waals surface area contributed by atoms with Crippen molar-refractivity contribution in [2.45, 2.75) is 44.4 Å². The van der Waals surface area contributed by atoms with Crippen molar-refractivity contribution < 1.29 is 4.74 Å². The molecule has 1 aromatic carbocycles. The molecule has 3 rings (SSSR count). The van der Waals surface area contributed by atoms with E-state index in [4.69, 9.17) is 4.74 Å². The summed E-state index contributed by atoms with van der Waals surface area (Å²) < 4.78 is 5.31. The topological polar surface area (TPSA) is 24.5 Å². The van der Waals surface area contributed by atoms with Crippen LogP contribution in [0.2, 0.25) is 0 Å². The predicted molar refractivity (Wildman–Crippen MR) is 81.4 cm³/mol. The van der Waals surface area contributed by atoms with E-state index in [0.29, 0.717) is 12.2 Å². The molecule has 2 saturated heterocycles. The van der Waals surface area contributed by atoms with E-state index in [1.807, 2.05) is 7.11 Å². The standard InChI is InChI=1S/C17H26N2O/c1-20-11-9-16-12-15-8-5-10-18-17(15)19(16)13-14-6-3-2-4-7-14/h2-4,6-7,15-18H,5,8-13H2,1H3. The lowest BCUT2D eigenvalue weighted by atomic mass is 9.94. The van der Waals surface area contributed by atoms with Crippen molar-refractivity contribution >= 4 is 0 Å². The molecule has 0 aromatic heterocycles. The summed E-state index contributed by atoms with van der Waals surface area (Å²) in [6.45, 7) is 3.10. The number of methoxy groups -OCH3 is 1. The number of fused-ring (bicyclic) bond motifs is 1. The van der Waals surface area contributed by atoms with Gasteiger partial charge in [0.25, 0.3) is 0 Å². The first-order valence-electron chi connectivity index (χ1n) is 7.90. The normalized spacial score (nSPS) is 30.4. The monoisotopic (exact) mass is 274 g/mol. The lowest BCUT2D eigenvalue weighted by Crippen LogP contribution is -2.49. The molecular weight excluding hydrogens is 248 g/mol. The van der Waals surface area contributed by atoms with Gasteiger partial charge in [0.05, 0.1) is 6.17 Å². The van der Waals surface area contributed by atoms with Crippen molar-refractivity contribution in [2.75, 3.05) is 20.3 Å². The quantitative estimate of drug-likeness (QED) is 0.893. The zero-order valence-electron chi connectivity index (χ0n) is 12.4. The Bertz CT molecular complexity index is 409. The van der Waals surface area contributed by atoms with E-state index >= 15 is 0 Å². The SMILES string of the molecule is COCCC1CC2CCCNC2N1Cc1ccccc1. The summed E-state index contributed by atoms with van der Waals surface area (Å²) in [5.74, 6) is 0.828. The fourth-order valence-electron chi connectivity index (χ4n) is 3.84. The van der Waals surface area contributed by atoms with Crippen molar-refractivity contribution in [1.82, 2.24) is 10.2 Å². The Balaban J connectivity index is 1.72. The van der Waals surface area contributed by atoms with Crippen molar-refractivity contribution in [3.63, 3.8) is 0 Å². The van der Waals surface area contributed by atoms with Gasteiger partial charge in [-0.15, -0.1) is 0 Å². The molecule has 1 N–H and O–H groups in total. The second-order valence-electron chi connectivity index (χ2n) is 6.13. The van der Waals surface area contributed by atoms with Crippen LogP contribution in [0.1, 0.15) is 31.2 Å². The van der Waals surface area contributed by atoms with Crippen LogP contribution >= 0.6 is 0 Å². The molecule has 3 nitrogen and oxygen atoms in total. The Labute approximate surface area is 122 Å². The van der Waals surface area contributed by atoms with Gasteiger partial charge in [0.1, 0.15) is 0 Å². The van der Waals surface area contributed by atoms with Crippen molar-refractivity contribution in [3.8, 4) is 0 Å². The largest absolute Gasteiger partial charge is 0.385 e. The Hall–Kier alpha value is -0.900. The zero-order valence-corrected chi connectivity index (χ0v) is 12.4. The van der Waals surface area contributed by atoms with E-state index in [-0.39, 0.29) is 0 Å². The molecule has 3 atom stereocenters. The molecule has 0 spiro atoms. The van der Waals surface area contributed by atoms with E-state index in [2.05, 4.69) is 40.5 Å². The maximum Gasteiger partial charge on any atom is 0.0632 e. The molecule has 3 heteroatoms. The molecule has 2 aliphatic heterocycles. The molecule has 0 amide bonds. The van der Waals surface area contributed by atoms with Crippen LogP contribution in [0.5, 0.6) is 0 Å². The maximum atomic E-state index is 5.31. The maximum absolute atomic E-state index is 5.31. The number of piperidine rings is 1. The molecular formula is C17H26N2O. The number of rotatable bonds is 5. The Morgan fingerprint density at radius 2 is 2.15 bits per heavy atom. The highest BCUT2D eigenvalue weighted by atomic mass is 16.5. The number of ether oxygens (including phenoxy) is 1. The fraction of sp³-hybridized carbons (Fsp3) is 0.647. The van der Waals surface area contributed by atoms with Crippen LogP contribution in [0, 0.1) is 5.92 Å². The van der Waals surface area contributed by atoms with Gasteiger partial charge in [0, 0.05) is 26.3 Å². The summed E-state index contributed by atoms with van der Waals surface area (Å²) >= 11 is 0. The number of hydrogen-bond donors (Lipinski definition) is 1. The summed E-state index contributed by atoms with van der Waals surface area (Å²) in [6.07, 6.45) is 5.76. The molecule has 0 radical (unpaired) electrons. The Morgan fingerprint density at radius 1 is 1.30 bits per heavy atom. The molecule has 110 valence electrons. The van der Waals surface area contributed by atoms with Gasteiger partial charge in [0.2, 0.25) is 0 Å². The third-order valence-electron chi connectivity index (χ3n) is 4.82. The molecule has 0 saturated carbocycles. The summed E-state index contributed by atoms with van der Waals surface area (Å²) in [7, 11) is 1.81. The number of likely N-dealkylation sites (tertiary alicyclic amines) is 1. The third-order valence-corrected chi connectivity index (χ3v) is 4.82. The summed E-state index contributed by atoms with van der Waals surface area (Å²) in [5, 5.41) is 3.74. The van der Waals surface area contributed by atoms with Gasteiger partial charge in [-0.25, -0.2) is 0 Å². The van der Waals surface area contributed by atoms with Crippen LogP contribution in [-0.4, -0.2) is 37.4 Å². The van der Waals surface area contributed by atoms with Crippen molar-refractivity contribution in [3.05, 3.63) is 35.9 Å². The van der Waals surface area contributed by atoms with E-state index in [0.717, 1.165) is 25.5 Å². The lowest BCUT2D eigenvalue weighted by Gasteiger charge is -2.35. The highest BCUT2D eigenvalue weighted by Crippen LogP contribution is 2.36. The van der Waals surface area contributed by atoms with E-state index in [1.54, 1.807) is 0 Å². The number of nitrogens with one attached hydrogen (secondary N) is 1. The van der Waals surface area contributed by atoms with E-state index < -0.39 is 0 Å². The summed E-state index contributed by atoms with van der Waals surface area (Å²) in [6, 6.07) is 11.5. The second-order valence-corrected chi connectivity index (χ2v) is 6.13. The van der Waals surface area contributed by atoms with Gasteiger partial charge in [-0.3, -0.25) is 4.90 Å². The molecule has 0 bridgehead atoms. The highest BCUT2D eigenvalue weighted by Gasteiger charge is 2.41. The first-order chi connectivity index (χ1) is 9.88. The van der Waals surface area contributed by atoms with Crippen LogP contribution in [0.3, 0.4) is 0 Å². The van der Waals surface area contributed by atoms with E-state index in [9.17, 15) is 0 Å². The number of nitrogens with zero attached hydrogens (tertiary/aromatic N) is 1. The smallest absolute Gasteiger partial charge is 0.0632 e. The number of benzene rings is 1. The van der Waals surface area contributed by atoms with Crippen LogP contribution in [-0.2, 0) is 11.3 Å². The number of hydrogen-bond acceptors (Lipinski definition) is 3. The summed E-state index contributed by atoms with van der Waals surface area (Å²) in [5.41, 5.74) is 1.42. The second kappa shape index (κ2) is 6.70. The van der Waals surface area contributed by atoms with Gasteiger partial charge in [-0.1, -0.05) is 30.3 Å². The average molecular weight is 274 g/mol. The third kappa shape index (κ3) is 3.05. The first kappa shape index (κ1) is 14.1. The van der Waals surface area contributed by atoms with Crippen LogP contribution < -0.4 is 5.32 Å². The van der Waals surface area contributed by atoms with Crippen LogP contribution in [0.15, 0.2) is 30.3 Å². The molecule has 2 heterocycles. The van der Waals surface area contributed by atoms with Crippen LogP contribution in [0.4, 0.5) is 0 Å². The molecule has 1 aromatic rings. The summed E-state index contributed by atoms with van der Waals surface area (Å²) in [4.78, 5) is 2.68. The molecule has 20 heavy (non-hydrogen) atoms. The van der Waals surface area contributed by atoms with Gasteiger partial charge in [0.15, 0.2) is 0 Å². The Kier molecular flexibility index (Phi) is 4.71. The molecule has 3 unspecified atom stereocenters. The predicted octanol–water partition coefficient (Wildman–Crippen LogP) is 2.62. The van der Waals surface area contributed by atoms with Crippen molar-refractivity contribution in [1.29, 1.82) is 0 Å². The van der Waals surface area contributed by atoms with Gasteiger partial charge in [-0.05, 0) is 43.7 Å².